The number of methoxy groups -OCH3 is 1. The number of carbonyl (C=O) groups is 1. The molecule has 0 spiro atoms. The Morgan fingerprint density at radius 1 is 1.17 bits per heavy atom. The van der Waals surface area contributed by atoms with Gasteiger partial charge < -0.3 is 14.4 Å². The fourth-order valence-corrected chi connectivity index (χ4v) is 0.990. The van der Waals surface area contributed by atoms with Crippen LogP contribution in [0.4, 0.5) is 0 Å². The molecule has 0 aromatic heterocycles. The van der Waals surface area contributed by atoms with Gasteiger partial charge in [0.05, 0.1) is 0 Å². The van der Waals surface area contributed by atoms with Gasteiger partial charge in [-0.3, -0.25) is 0 Å². The molecular weight excluding hydrogens is 226 g/mol. The van der Waals surface area contributed by atoms with Crippen LogP contribution in [-0.2, 0) is 9.53 Å². The molecular formula is C15H35NO2. The quantitative estimate of drug-likeness (QED) is 0.494. The van der Waals surface area contributed by atoms with Gasteiger partial charge in [-0.05, 0) is 45.8 Å². The van der Waals surface area contributed by atoms with Crippen LogP contribution in [-0.4, -0.2) is 45.5 Å². The molecule has 0 aliphatic carbocycles. The molecule has 0 rings (SSSR count). The van der Waals surface area contributed by atoms with Crippen molar-refractivity contribution in [3.8, 4) is 0 Å². The third-order valence-electron chi connectivity index (χ3n) is 2.07. The molecule has 0 saturated carbocycles. The van der Waals surface area contributed by atoms with Crippen LogP contribution in [0.25, 0.3) is 0 Å². The van der Waals surface area contributed by atoms with Crippen molar-refractivity contribution in [2.45, 2.75) is 53.4 Å². The average Bonchev–Trinajstić information content (AvgIpc) is 2.35. The van der Waals surface area contributed by atoms with Crippen LogP contribution >= 0.6 is 0 Å². The summed E-state index contributed by atoms with van der Waals surface area (Å²) in [6, 6.07) is 0. The number of ether oxygens (including phenoxy) is 1. The van der Waals surface area contributed by atoms with Crippen LogP contribution in [0, 0.1) is 5.92 Å². The second kappa shape index (κ2) is 21.8. The first kappa shape index (κ1) is 22.7. The maximum atomic E-state index is 9.73. The lowest BCUT2D eigenvalue weighted by Crippen LogP contribution is -2.14. The van der Waals surface area contributed by atoms with Gasteiger partial charge in [-0.15, -0.1) is 0 Å². The van der Waals surface area contributed by atoms with E-state index in [1.54, 1.807) is 7.11 Å². The van der Waals surface area contributed by atoms with E-state index in [2.05, 4.69) is 32.8 Å². The summed E-state index contributed by atoms with van der Waals surface area (Å²) in [7, 11) is 5.89. The molecule has 3 nitrogen and oxygen atoms in total. The molecule has 0 aliphatic rings. The van der Waals surface area contributed by atoms with Crippen molar-refractivity contribution in [2.24, 2.45) is 5.92 Å². The van der Waals surface area contributed by atoms with Crippen molar-refractivity contribution in [1.82, 2.24) is 4.90 Å². The van der Waals surface area contributed by atoms with Crippen molar-refractivity contribution >= 4 is 6.29 Å². The first-order valence-corrected chi connectivity index (χ1v) is 7.11. The monoisotopic (exact) mass is 261 g/mol. The zero-order chi connectivity index (χ0) is 14.8. The molecule has 0 unspecified atom stereocenters. The third-order valence-corrected chi connectivity index (χ3v) is 2.07. The van der Waals surface area contributed by atoms with Crippen LogP contribution in [0.15, 0.2) is 0 Å². The summed E-state index contributed by atoms with van der Waals surface area (Å²) in [6.07, 6.45) is 4.87. The maximum Gasteiger partial charge on any atom is 0.119 e. The molecule has 3 heteroatoms. The molecule has 0 saturated heterocycles. The molecule has 0 N–H and O–H groups in total. The van der Waals surface area contributed by atoms with Gasteiger partial charge in [0.15, 0.2) is 0 Å². The Kier molecular flexibility index (Phi) is 27.6. The van der Waals surface area contributed by atoms with Crippen molar-refractivity contribution in [3.63, 3.8) is 0 Å². The second-order valence-electron chi connectivity index (χ2n) is 4.64. The molecule has 0 fully saturated rings. The Bertz CT molecular complexity index is 128. The molecule has 0 radical (unpaired) electrons. The van der Waals surface area contributed by atoms with Gasteiger partial charge in [0.2, 0.25) is 0 Å². The molecule has 112 valence electrons. The molecule has 0 heterocycles. The lowest BCUT2D eigenvalue weighted by Gasteiger charge is -2.10. The predicted molar refractivity (Wildman–Crippen MR) is 81.1 cm³/mol. The zero-order valence-electron chi connectivity index (χ0n) is 13.7. The fourth-order valence-electron chi connectivity index (χ4n) is 0.990. The van der Waals surface area contributed by atoms with Crippen molar-refractivity contribution in [2.75, 3.05) is 34.4 Å². The standard InChI is InChI=1S/C7H17N.C6H12O2.C2H6/c1-7(2)5-6-8(3)4;1-8-6-4-2-3-5-7;1-2/h7H,5-6H2,1-4H3;5H,2-4,6H2,1H3;1-2H3. The molecule has 0 bridgehead atoms. The van der Waals surface area contributed by atoms with Gasteiger partial charge in [-0.25, -0.2) is 0 Å². The Labute approximate surface area is 115 Å². The molecule has 18 heavy (non-hydrogen) atoms. The van der Waals surface area contributed by atoms with E-state index in [1.165, 1.54) is 13.0 Å². The smallest absolute Gasteiger partial charge is 0.119 e. The first-order valence-electron chi connectivity index (χ1n) is 7.11. The highest BCUT2D eigenvalue weighted by molar-refractivity contribution is 5.48. The summed E-state index contributed by atoms with van der Waals surface area (Å²) in [5, 5.41) is 0. The lowest BCUT2D eigenvalue weighted by molar-refractivity contribution is -0.107. The summed E-state index contributed by atoms with van der Waals surface area (Å²) in [5.74, 6) is 0.845. The molecule has 0 atom stereocenters. The van der Waals surface area contributed by atoms with E-state index in [0.29, 0.717) is 6.42 Å². The highest BCUT2D eigenvalue weighted by Crippen LogP contribution is 1.98. The van der Waals surface area contributed by atoms with Gasteiger partial charge >= 0.3 is 0 Å². The Balaban J connectivity index is -0.000000219. The van der Waals surface area contributed by atoms with E-state index < -0.39 is 0 Å². The minimum absolute atomic E-state index is 0.670. The van der Waals surface area contributed by atoms with Crippen LogP contribution < -0.4 is 0 Å². The number of carbonyl (C=O) groups excluding carboxylic acids is 1. The van der Waals surface area contributed by atoms with E-state index in [9.17, 15) is 4.79 Å². The highest BCUT2D eigenvalue weighted by atomic mass is 16.5. The SMILES string of the molecule is CC.CC(C)CCN(C)C.COCCCCC=O. The molecule has 0 amide bonds. The van der Waals surface area contributed by atoms with Gasteiger partial charge in [0, 0.05) is 20.1 Å². The lowest BCUT2D eigenvalue weighted by atomic mass is 10.1. The zero-order valence-corrected chi connectivity index (χ0v) is 13.7. The maximum absolute atomic E-state index is 9.73. The van der Waals surface area contributed by atoms with Crippen molar-refractivity contribution in [3.05, 3.63) is 0 Å². The van der Waals surface area contributed by atoms with Gasteiger partial charge in [-0.2, -0.15) is 0 Å². The van der Waals surface area contributed by atoms with Crippen LogP contribution in [0.3, 0.4) is 0 Å². The summed E-state index contributed by atoms with van der Waals surface area (Å²) >= 11 is 0. The van der Waals surface area contributed by atoms with Crippen LogP contribution in [0.5, 0.6) is 0 Å². The van der Waals surface area contributed by atoms with Gasteiger partial charge in [0.25, 0.3) is 0 Å². The van der Waals surface area contributed by atoms with Crippen LogP contribution in [0.2, 0.25) is 0 Å². The molecule has 0 aromatic rings. The number of rotatable bonds is 8. The average molecular weight is 261 g/mol. The van der Waals surface area contributed by atoms with E-state index in [4.69, 9.17) is 4.74 Å². The fraction of sp³-hybridized carbons (Fsp3) is 0.933. The predicted octanol–water partition coefficient (Wildman–Crippen LogP) is 3.62. The van der Waals surface area contributed by atoms with Crippen LogP contribution in [0.1, 0.15) is 53.4 Å². The highest BCUT2D eigenvalue weighted by Gasteiger charge is 1.93. The van der Waals surface area contributed by atoms with E-state index in [-0.39, 0.29) is 0 Å². The van der Waals surface area contributed by atoms with Gasteiger partial charge in [0.1, 0.15) is 6.29 Å². The minimum atomic E-state index is 0.670. The summed E-state index contributed by atoms with van der Waals surface area (Å²) in [5.41, 5.74) is 0. The third kappa shape index (κ3) is 36.1. The number of nitrogens with zero attached hydrogens (tertiary/aromatic N) is 1. The van der Waals surface area contributed by atoms with E-state index in [0.717, 1.165) is 31.7 Å². The number of hydrogen-bond acceptors (Lipinski definition) is 3. The van der Waals surface area contributed by atoms with Crippen molar-refractivity contribution in [1.29, 1.82) is 0 Å². The van der Waals surface area contributed by atoms with E-state index in [1.807, 2.05) is 13.8 Å². The number of hydrogen-bond donors (Lipinski definition) is 0. The molecule has 0 aliphatic heterocycles. The second-order valence-corrected chi connectivity index (χ2v) is 4.64. The minimum Gasteiger partial charge on any atom is -0.385 e. The largest absolute Gasteiger partial charge is 0.385 e. The van der Waals surface area contributed by atoms with Gasteiger partial charge in [-0.1, -0.05) is 27.7 Å². The first-order chi connectivity index (χ1) is 8.54. The topological polar surface area (TPSA) is 29.5 Å². The normalized spacial score (nSPS) is 9.39. The Morgan fingerprint density at radius 3 is 2.00 bits per heavy atom. The Hall–Kier alpha value is -0.410. The Morgan fingerprint density at radius 2 is 1.72 bits per heavy atom. The summed E-state index contributed by atoms with van der Waals surface area (Å²) < 4.78 is 4.77. The van der Waals surface area contributed by atoms with Crippen molar-refractivity contribution < 1.29 is 9.53 Å². The molecule has 0 aromatic carbocycles. The number of unbranched alkanes of at least 4 members (excludes halogenated alkanes) is 2. The summed E-state index contributed by atoms with van der Waals surface area (Å²) in [6.45, 7) is 10.5. The summed E-state index contributed by atoms with van der Waals surface area (Å²) in [4.78, 5) is 11.9. The number of aldehydes is 1. The van der Waals surface area contributed by atoms with E-state index >= 15 is 0 Å².